The van der Waals surface area contributed by atoms with Crippen LogP contribution in [0.1, 0.15) is 27.6 Å². The van der Waals surface area contributed by atoms with Gasteiger partial charge in [-0.25, -0.2) is 9.97 Å². The maximum absolute atomic E-state index is 12.9. The molecule has 1 saturated heterocycles. The number of carbonyl (C=O) groups is 1. The number of fused-ring (bicyclic) bond motifs is 1. The molecule has 0 bridgehead atoms. The summed E-state index contributed by atoms with van der Waals surface area (Å²) < 4.78 is 0. The van der Waals surface area contributed by atoms with Gasteiger partial charge >= 0.3 is 0 Å². The molecule has 1 fully saturated rings. The van der Waals surface area contributed by atoms with E-state index in [1.54, 1.807) is 29.5 Å². The summed E-state index contributed by atoms with van der Waals surface area (Å²) in [6.45, 7) is 6.00. The van der Waals surface area contributed by atoms with Crippen molar-refractivity contribution >= 4 is 28.1 Å². The summed E-state index contributed by atoms with van der Waals surface area (Å²) >= 11 is 1.67. The Labute approximate surface area is 162 Å². The quantitative estimate of drug-likeness (QED) is 0.754. The molecule has 1 amide bonds. The van der Waals surface area contributed by atoms with Gasteiger partial charge in [-0.1, -0.05) is 18.2 Å². The summed E-state index contributed by atoms with van der Waals surface area (Å²) in [6.07, 6.45) is 0.924. The Hall–Kier alpha value is -2.51. The van der Waals surface area contributed by atoms with Gasteiger partial charge < -0.3 is 10.0 Å². The van der Waals surface area contributed by atoms with Crippen molar-refractivity contribution in [1.82, 2.24) is 19.8 Å². The smallest absolute Gasteiger partial charge is 0.272 e. The number of hydrogen-bond acceptors (Lipinski definition) is 6. The second-order valence-corrected chi connectivity index (χ2v) is 7.89. The first-order chi connectivity index (χ1) is 13.1. The number of benzene rings is 1. The molecule has 4 rings (SSSR count). The van der Waals surface area contributed by atoms with Crippen molar-refractivity contribution in [2.24, 2.45) is 0 Å². The molecule has 3 heterocycles. The summed E-state index contributed by atoms with van der Waals surface area (Å²) in [5.74, 6) is 0.0225. The molecule has 1 aliphatic heterocycles. The summed E-state index contributed by atoms with van der Waals surface area (Å²) in [5, 5.41) is 14.0. The first kappa shape index (κ1) is 17.9. The van der Waals surface area contributed by atoms with E-state index < -0.39 is 0 Å². The second kappa shape index (κ2) is 7.62. The third-order valence-electron chi connectivity index (χ3n) is 4.85. The number of hydrogen-bond donors (Lipinski definition) is 1. The largest absolute Gasteiger partial charge is 0.506 e. The molecule has 27 heavy (non-hydrogen) atoms. The fraction of sp³-hybridized carbons (Fsp3) is 0.350. The van der Waals surface area contributed by atoms with E-state index in [1.165, 1.54) is 0 Å². The molecule has 0 radical (unpaired) electrons. The average molecular weight is 382 g/mol. The van der Waals surface area contributed by atoms with Gasteiger partial charge in [-0.15, -0.1) is 11.3 Å². The molecule has 1 aromatic carbocycles. The van der Waals surface area contributed by atoms with E-state index in [4.69, 9.17) is 0 Å². The predicted octanol–water partition coefficient (Wildman–Crippen LogP) is 3.05. The van der Waals surface area contributed by atoms with Crippen LogP contribution in [0.25, 0.3) is 10.9 Å². The monoisotopic (exact) mass is 382 g/mol. The lowest BCUT2D eigenvalue weighted by atomic mass is 10.2. The van der Waals surface area contributed by atoms with Gasteiger partial charge in [0, 0.05) is 43.5 Å². The van der Waals surface area contributed by atoms with Crippen molar-refractivity contribution in [1.29, 1.82) is 0 Å². The van der Waals surface area contributed by atoms with Crippen LogP contribution in [0.4, 0.5) is 0 Å². The fourth-order valence-electron chi connectivity index (χ4n) is 3.45. The Morgan fingerprint density at radius 2 is 2.04 bits per heavy atom. The molecule has 3 aromatic rings. The molecule has 0 spiro atoms. The maximum atomic E-state index is 12.9. The minimum absolute atomic E-state index is 0.0773. The van der Waals surface area contributed by atoms with Crippen molar-refractivity contribution in [3.63, 3.8) is 0 Å². The topological polar surface area (TPSA) is 69.6 Å². The Bertz CT molecular complexity index is 972. The Balaban J connectivity index is 1.45. The van der Waals surface area contributed by atoms with Crippen LogP contribution in [-0.4, -0.2) is 57.0 Å². The number of nitrogens with zero attached hydrogens (tertiary/aromatic N) is 4. The third-order valence-corrected chi connectivity index (χ3v) is 5.67. The van der Waals surface area contributed by atoms with E-state index >= 15 is 0 Å². The Morgan fingerprint density at radius 3 is 2.85 bits per heavy atom. The SMILES string of the molecule is Cc1nc(CN2CCCN(C(=O)c3ccc4cccc(O)c4n3)CC2)cs1. The molecule has 0 atom stereocenters. The van der Waals surface area contributed by atoms with Crippen LogP contribution in [0.2, 0.25) is 0 Å². The van der Waals surface area contributed by atoms with E-state index in [0.717, 1.165) is 42.1 Å². The van der Waals surface area contributed by atoms with Gasteiger partial charge in [0.2, 0.25) is 0 Å². The van der Waals surface area contributed by atoms with Gasteiger partial charge in [-0.2, -0.15) is 0 Å². The Kier molecular flexibility index (Phi) is 5.05. The molecule has 1 N–H and O–H groups in total. The first-order valence-electron chi connectivity index (χ1n) is 9.11. The molecule has 140 valence electrons. The lowest BCUT2D eigenvalue weighted by molar-refractivity contribution is 0.0755. The summed E-state index contributed by atoms with van der Waals surface area (Å²) in [7, 11) is 0. The Morgan fingerprint density at radius 1 is 1.15 bits per heavy atom. The zero-order valence-electron chi connectivity index (χ0n) is 15.3. The standard InChI is InChI=1S/C20H22N4O2S/c1-14-21-16(13-27-14)12-23-8-3-9-24(11-10-23)20(26)17-7-6-15-4-2-5-18(25)19(15)22-17/h2,4-7,13,25H,3,8-12H2,1H3. The first-order valence-corrected chi connectivity index (χ1v) is 9.99. The zero-order chi connectivity index (χ0) is 18.8. The van der Waals surface area contributed by atoms with Crippen molar-refractivity contribution in [2.45, 2.75) is 19.9 Å². The van der Waals surface area contributed by atoms with Crippen molar-refractivity contribution < 1.29 is 9.90 Å². The van der Waals surface area contributed by atoms with Crippen LogP contribution in [-0.2, 0) is 6.54 Å². The zero-order valence-corrected chi connectivity index (χ0v) is 16.1. The molecule has 6 nitrogen and oxygen atoms in total. The van der Waals surface area contributed by atoms with Crippen LogP contribution >= 0.6 is 11.3 Å². The molecule has 7 heteroatoms. The number of phenols is 1. The number of phenolic OH excluding ortho intramolecular Hbond substituents is 1. The lowest BCUT2D eigenvalue weighted by Crippen LogP contribution is -2.35. The van der Waals surface area contributed by atoms with E-state index in [1.807, 2.05) is 24.0 Å². The van der Waals surface area contributed by atoms with Crippen molar-refractivity contribution in [2.75, 3.05) is 26.2 Å². The number of thiazole rings is 1. The lowest BCUT2D eigenvalue weighted by Gasteiger charge is -2.21. The highest BCUT2D eigenvalue weighted by atomic mass is 32.1. The number of aromatic nitrogens is 2. The summed E-state index contributed by atoms with van der Waals surface area (Å²) in [6, 6.07) is 8.82. The fourth-order valence-corrected chi connectivity index (χ4v) is 4.06. The maximum Gasteiger partial charge on any atom is 0.272 e. The van der Waals surface area contributed by atoms with Crippen LogP contribution in [0, 0.1) is 6.92 Å². The molecule has 2 aromatic heterocycles. The van der Waals surface area contributed by atoms with Gasteiger partial charge in [-0.3, -0.25) is 9.69 Å². The van der Waals surface area contributed by atoms with Gasteiger partial charge in [-0.05, 0) is 25.5 Å². The molecular weight excluding hydrogens is 360 g/mol. The molecule has 0 unspecified atom stereocenters. The van der Waals surface area contributed by atoms with Gasteiger partial charge in [0.1, 0.15) is 17.0 Å². The van der Waals surface area contributed by atoms with Crippen molar-refractivity contribution in [3.05, 3.63) is 52.1 Å². The summed E-state index contributed by atoms with van der Waals surface area (Å²) in [4.78, 5) is 26.1. The number of pyridine rings is 1. The van der Waals surface area contributed by atoms with Gasteiger partial charge in [0.15, 0.2) is 0 Å². The highest BCUT2D eigenvalue weighted by Gasteiger charge is 2.22. The van der Waals surface area contributed by atoms with E-state index in [9.17, 15) is 9.90 Å². The second-order valence-electron chi connectivity index (χ2n) is 6.83. The minimum Gasteiger partial charge on any atom is -0.506 e. The normalized spacial score (nSPS) is 15.8. The number of aromatic hydroxyl groups is 1. The van der Waals surface area contributed by atoms with Crippen LogP contribution < -0.4 is 0 Å². The molecule has 0 saturated carbocycles. The predicted molar refractivity (Wildman–Crippen MR) is 106 cm³/mol. The van der Waals surface area contributed by atoms with Gasteiger partial charge in [0.25, 0.3) is 5.91 Å². The molecule has 0 aliphatic carbocycles. The minimum atomic E-state index is -0.0773. The summed E-state index contributed by atoms with van der Waals surface area (Å²) in [5.41, 5.74) is 1.95. The molecular formula is C20H22N4O2S. The van der Waals surface area contributed by atoms with Crippen LogP contribution in [0.15, 0.2) is 35.7 Å². The highest BCUT2D eigenvalue weighted by Crippen LogP contribution is 2.23. The number of aryl methyl sites for hydroxylation is 1. The van der Waals surface area contributed by atoms with E-state index in [0.29, 0.717) is 24.3 Å². The average Bonchev–Trinajstić information content (AvgIpc) is 2.94. The van der Waals surface area contributed by atoms with Crippen LogP contribution in [0.5, 0.6) is 5.75 Å². The highest BCUT2D eigenvalue weighted by molar-refractivity contribution is 7.09. The number of amides is 1. The third kappa shape index (κ3) is 3.94. The number of para-hydroxylation sites is 1. The van der Waals surface area contributed by atoms with Crippen LogP contribution in [0.3, 0.4) is 0 Å². The number of carbonyl (C=O) groups excluding carboxylic acids is 1. The molecule has 1 aliphatic rings. The number of rotatable bonds is 3. The van der Waals surface area contributed by atoms with Gasteiger partial charge in [0.05, 0.1) is 10.7 Å². The van der Waals surface area contributed by atoms with E-state index in [-0.39, 0.29) is 11.7 Å². The van der Waals surface area contributed by atoms with Crippen molar-refractivity contribution in [3.8, 4) is 5.75 Å². The van der Waals surface area contributed by atoms with E-state index in [2.05, 4.69) is 20.2 Å².